The summed E-state index contributed by atoms with van der Waals surface area (Å²) in [4.78, 5) is 21.1. The second-order valence-electron chi connectivity index (χ2n) is 9.78. The van der Waals surface area contributed by atoms with E-state index in [1.165, 1.54) is 30.3 Å². The van der Waals surface area contributed by atoms with Gasteiger partial charge in [0.2, 0.25) is 5.91 Å². The van der Waals surface area contributed by atoms with Crippen molar-refractivity contribution < 1.29 is 27.5 Å². The van der Waals surface area contributed by atoms with E-state index in [-0.39, 0.29) is 40.4 Å². The Morgan fingerprint density at radius 3 is 2.44 bits per heavy atom. The molecule has 0 spiro atoms. The van der Waals surface area contributed by atoms with Gasteiger partial charge in [-0.05, 0) is 41.8 Å². The fraction of sp³-hybridized carbons (Fsp3) is 0.500. The highest BCUT2D eigenvalue weighted by Crippen LogP contribution is 2.36. The van der Waals surface area contributed by atoms with Gasteiger partial charge >= 0.3 is 6.18 Å². The average Bonchev–Trinajstić information content (AvgIpc) is 3.29. The topological polar surface area (TPSA) is 81.8 Å². The summed E-state index contributed by atoms with van der Waals surface area (Å²) in [5, 5.41) is 12.9. The first-order valence-corrected chi connectivity index (χ1v) is 14.2. The maximum absolute atomic E-state index is 13.2. The van der Waals surface area contributed by atoms with Crippen LogP contribution in [-0.4, -0.2) is 70.8 Å². The number of para-hydroxylation sites is 1. The van der Waals surface area contributed by atoms with Crippen LogP contribution in [0.4, 0.5) is 18.9 Å². The molecule has 214 valence electrons. The number of nitrogens with zero attached hydrogens (tertiary/aromatic N) is 3. The van der Waals surface area contributed by atoms with E-state index in [9.17, 15) is 23.1 Å². The number of alkyl halides is 3. The quantitative estimate of drug-likeness (QED) is 0.240. The number of piperazine rings is 1. The number of carbonyl (C=O) groups excluding carboxylic acids is 1. The van der Waals surface area contributed by atoms with Crippen LogP contribution in [0.15, 0.2) is 46.0 Å². The number of nitrogens with one attached hydrogen (secondary N) is 1. The first-order valence-electron chi connectivity index (χ1n) is 13.2. The van der Waals surface area contributed by atoms with Gasteiger partial charge in [0.05, 0.1) is 6.54 Å². The molecule has 1 aromatic heterocycles. The van der Waals surface area contributed by atoms with Gasteiger partial charge in [0.1, 0.15) is 16.8 Å². The lowest BCUT2D eigenvalue weighted by Crippen LogP contribution is -2.49. The predicted molar refractivity (Wildman–Crippen MR) is 149 cm³/mol. The number of aromatic nitrogens is 1. The van der Waals surface area contributed by atoms with E-state index in [0.29, 0.717) is 11.4 Å². The molecule has 2 heterocycles. The molecule has 1 amide bonds. The van der Waals surface area contributed by atoms with Gasteiger partial charge in [0, 0.05) is 44.2 Å². The molecular weight excluding hydrogens is 529 g/mol. The number of halogens is 3. The summed E-state index contributed by atoms with van der Waals surface area (Å²) in [5.74, 6) is 0.872. The van der Waals surface area contributed by atoms with E-state index in [2.05, 4.69) is 33.9 Å². The monoisotopic (exact) mass is 566 g/mol. The van der Waals surface area contributed by atoms with Crippen molar-refractivity contribution >= 4 is 34.5 Å². The second kappa shape index (κ2) is 14.0. The number of hydrogen-bond donors (Lipinski definition) is 2. The molecule has 0 atom stereocenters. The third-order valence-corrected chi connectivity index (χ3v) is 6.91. The lowest BCUT2D eigenvalue weighted by atomic mass is 10.0. The van der Waals surface area contributed by atoms with E-state index in [4.69, 9.17) is 4.42 Å². The van der Waals surface area contributed by atoms with Gasteiger partial charge in [0.15, 0.2) is 5.58 Å². The van der Waals surface area contributed by atoms with Crippen LogP contribution < -0.4 is 5.32 Å². The van der Waals surface area contributed by atoms with Crippen LogP contribution in [-0.2, 0) is 11.0 Å². The number of rotatable bonds is 8. The maximum Gasteiger partial charge on any atom is 0.420 e. The average molecular weight is 567 g/mol. The Labute approximate surface area is 231 Å². The number of anilines is 1. The lowest BCUT2D eigenvalue weighted by molar-refractivity contribution is -0.136. The number of amides is 1. The van der Waals surface area contributed by atoms with Crippen molar-refractivity contribution in [2.75, 3.05) is 50.3 Å². The highest BCUT2D eigenvalue weighted by Gasteiger charge is 2.34. The van der Waals surface area contributed by atoms with Crippen molar-refractivity contribution in [3.05, 3.63) is 47.5 Å². The molecule has 0 radical (unpaired) electrons. The van der Waals surface area contributed by atoms with Crippen molar-refractivity contribution in [2.24, 2.45) is 0 Å². The highest BCUT2D eigenvalue weighted by molar-refractivity contribution is 7.99. The Morgan fingerprint density at radius 2 is 1.79 bits per heavy atom. The summed E-state index contributed by atoms with van der Waals surface area (Å²) in [5.41, 5.74) is 0.758. The van der Waals surface area contributed by atoms with Gasteiger partial charge in [0.25, 0.3) is 5.22 Å². The highest BCUT2D eigenvalue weighted by atomic mass is 32.2. The number of phenolic OH excluding ortho intramolecular Hbond substituents is 1. The van der Waals surface area contributed by atoms with Crippen LogP contribution in [0.1, 0.15) is 51.2 Å². The molecular formula is C28H37F3N4O3S. The summed E-state index contributed by atoms with van der Waals surface area (Å²) in [7, 11) is 0. The van der Waals surface area contributed by atoms with Crippen molar-refractivity contribution in [2.45, 2.75) is 51.4 Å². The summed E-state index contributed by atoms with van der Waals surface area (Å²) in [6, 6.07) is 8.80. The third kappa shape index (κ3) is 8.87. The standard InChI is InChI=1S/C25H29F3N4O3S.C3H8/c1-16(2)18-14-17(33)6-7-20(18)29-22(34)15-32-10-8-31(9-11-32)12-13-36-24-30-21-5-3-4-19(23(21)35-24)25(26,27)28;1-3-2/h3-7,14,16,33H,8-13,15H2,1-2H3,(H,29,34);3H2,1-2H3. The van der Waals surface area contributed by atoms with Crippen LogP contribution in [0.25, 0.3) is 11.1 Å². The normalized spacial score (nSPS) is 14.9. The number of hydrogen-bond acceptors (Lipinski definition) is 7. The number of aromatic hydroxyl groups is 1. The van der Waals surface area contributed by atoms with Gasteiger partial charge in [-0.3, -0.25) is 14.6 Å². The molecule has 0 unspecified atom stereocenters. The number of fused-ring (bicyclic) bond motifs is 1. The zero-order valence-corrected chi connectivity index (χ0v) is 23.7. The molecule has 11 heteroatoms. The molecule has 0 bridgehead atoms. The second-order valence-corrected chi connectivity index (χ2v) is 10.8. The fourth-order valence-electron chi connectivity index (χ4n) is 4.18. The van der Waals surface area contributed by atoms with Gasteiger partial charge < -0.3 is 14.8 Å². The number of benzene rings is 2. The van der Waals surface area contributed by atoms with E-state index in [1.54, 1.807) is 18.2 Å². The van der Waals surface area contributed by atoms with Crippen molar-refractivity contribution in [1.82, 2.24) is 14.8 Å². The number of thioether (sulfide) groups is 1. The predicted octanol–water partition coefficient (Wildman–Crippen LogP) is 6.44. The third-order valence-electron chi connectivity index (χ3n) is 6.10. The molecule has 0 aliphatic carbocycles. The lowest BCUT2D eigenvalue weighted by Gasteiger charge is -2.34. The number of phenols is 1. The molecule has 1 aliphatic rings. The Kier molecular flexibility index (Phi) is 11.1. The van der Waals surface area contributed by atoms with Crippen LogP contribution in [0.2, 0.25) is 0 Å². The Balaban J connectivity index is 0.00000134. The number of oxazole rings is 1. The molecule has 39 heavy (non-hydrogen) atoms. The summed E-state index contributed by atoms with van der Waals surface area (Å²) in [6.45, 7) is 12.3. The molecule has 3 aromatic rings. The van der Waals surface area contributed by atoms with E-state index < -0.39 is 11.7 Å². The fourth-order valence-corrected chi connectivity index (χ4v) is 5.01. The molecule has 2 N–H and O–H groups in total. The minimum Gasteiger partial charge on any atom is -0.508 e. The Hall–Kier alpha value is -2.76. The van der Waals surface area contributed by atoms with Crippen molar-refractivity contribution in [1.29, 1.82) is 0 Å². The van der Waals surface area contributed by atoms with Gasteiger partial charge in [-0.15, -0.1) is 0 Å². The van der Waals surface area contributed by atoms with Crippen LogP contribution in [0.3, 0.4) is 0 Å². The molecule has 0 saturated carbocycles. The van der Waals surface area contributed by atoms with Crippen LogP contribution in [0, 0.1) is 0 Å². The van der Waals surface area contributed by atoms with E-state index >= 15 is 0 Å². The maximum atomic E-state index is 13.2. The van der Waals surface area contributed by atoms with Gasteiger partial charge in [-0.1, -0.05) is 51.9 Å². The SMILES string of the molecule is CC(C)c1cc(O)ccc1NC(=O)CN1CCN(CCSc2nc3cccc(C(F)(F)F)c3o2)CC1.CCC. The smallest absolute Gasteiger partial charge is 0.420 e. The van der Waals surface area contributed by atoms with Crippen LogP contribution in [0.5, 0.6) is 5.75 Å². The first-order chi connectivity index (χ1) is 18.5. The summed E-state index contributed by atoms with van der Waals surface area (Å²) >= 11 is 1.29. The van der Waals surface area contributed by atoms with Crippen molar-refractivity contribution in [3.8, 4) is 5.75 Å². The minimum atomic E-state index is -4.49. The van der Waals surface area contributed by atoms with Crippen LogP contribution >= 0.6 is 11.8 Å². The number of carbonyl (C=O) groups is 1. The molecule has 1 fully saturated rings. The summed E-state index contributed by atoms with van der Waals surface area (Å²) in [6.07, 6.45) is -3.24. The molecule has 2 aromatic carbocycles. The molecule has 1 aliphatic heterocycles. The van der Waals surface area contributed by atoms with E-state index in [0.717, 1.165) is 44.4 Å². The van der Waals surface area contributed by atoms with Gasteiger partial charge in [-0.25, -0.2) is 4.98 Å². The molecule has 4 rings (SSSR count). The van der Waals surface area contributed by atoms with E-state index in [1.807, 2.05) is 13.8 Å². The zero-order valence-electron chi connectivity index (χ0n) is 22.8. The van der Waals surface area contributed by atoms with Crippen molar-refractivity contribution in [3.63, 3.8) is 0 Å². The molecule has 7 nitrogen and oxygen atoms in total. The Morgan fingerprint density at radius 1 is 1.13 bits per heavy atom. The summed E-state index contributed by atoms with van der Waals surface area (Å²) < 4.78 is 44.9. The van der Waals surface area contributed by atoms with Gasteiger partial charge in [-0.2, -0.15) is 13.2 Å². The largest absolute Gasteiger partial charge is 0.508 e. The Bertz CT molecular complexity index is 1220. The molecule has 1 saturated heterocycles. The zero-order chi connectivity index (χ0) is 28.6. The minimum absolute atomic E-state index is 0.0965. The first kappa shape index (κ1) is 30.8.